The van der Waals surface area contributed by atoms with Crippen LogP contribution in [-0.2, 0) is 11.2 Å². The maximum atomic E-state index is 14.8. The van der Waals surface area contributed by atoms with Gasteiger partial charge in [-0.25, -0.2) is 4.39 Å². The lowest BCUT2D eigenvalue weighted by atomic mass is 9.33. The van der Waals surface area contributed by atoms with Crippen LogP contribution in [-0.4, -0.2) is 23.3 Å². The summed E-state index contributed by atoms with van der Waals surface area (Å²) in [7, 11) is 0. The van der Waals surface area contributed by atoms with Crippen molar-refractivity contribution < 1.29 is 14.3 Å². The largest absolute Gasteiger partial charge is 0.481 e. The van der Waals surface area contributed by atoms with E-state index in [-0.39, 0.29) is 33.1 Å². The molecule has 0 amide bonds. The van der Waals surface area contributed by atoms with E-state index in [1.165, 1.54) is 55.2 Å². The molecule has 0 aromatic heterocycles. The fourth-order valence-corrected chi connectivity index (χ4v) is 14.2. The van der Waals surface area contributed by atoms with Crippen LogP contribution in [0.25, 0.3) is 0 Å². The summed E-state index contributed by atoms with van der Waals surface area (Å²) in [5.41, 5.74) is 11.8. The molecule has 6 aliphatic carbocycles. The number of fused-ring (bicyclic) bond motifs is 7. The van der Waals surface area contributed by atoms with E-state index in [2.05, 4.69) is 60.3 Å². The first kappa shape index (κ1) is 34.3. The van der Waals surface area contributed by atoms with Crippen molar-refractivity contribution in [2.45, 2.75) is 124 Å². The van der Waals surface area contributed by atoms with Crippen LogP contribution in [0.3, 0.4) is 0 Å². The normalized spacial score (nSPS) is 46.2. The van der Waals surface area contributed by atoms with E-state index in [1.807, 2.05) is 30.3 Å². The highest BCUT2D eigenvalue weighted by molar-refractivity contribution is 5.76. The zero-order valence-corrected chi connectivity index (χ0v) is 30.7. The monoisotopic (exact) mass is 655 g/mol. The molecule has 11 atom stereocenters. The van der Waals surface area contributed by atoms with E-state index >= 15 is 0 Å². The van der Waals surface area contributed by atoms with Gasteiger partial charge in [0.15, 0.2) is 0 Å². The Hall–Kier alpha value is -2.20. The van der Waals surface area contributed by atoms with Crippen LogP contribution < -0.4 is 5.73 Å². The first-order valence-electron chi connectivity index (χ1n) is 19.3. The number of alkyl halides is 1. The number of carboxylic acid groups (broad SMARTS) is 1. The summed E-state index contributed by atoms with van der Waals surface area (Å²) in [4.78, 5) is 12.7. The zero-order valence-electron chi connectivity index (χ0n) is 30.7. The van der Waals surface area contributed by atoms with Gasteiger partial charge >= 0.3 is 5.97 Å². The average molecular weight is 656 g/mol. The number of rotatable bonds is 6. The molecule has 0 aliphatic heterocycles. The molecule has 1 unspecified atom stereocenters. The molecule has 3 nitrogen and oxygen atoms in total. The van der Waals surface area contributed by atoms with Crippen LogP contribution in [0.1, 0.15) is 118 Å². The molecule has 48 heavy (non-hydrogen) atoms. The predicted molar refractivity (Wildman–Crippen MR) is 194 cm³/mol. The number of carboxylic acids is 1. The number of halogens is 1. The molecule has 7 rings (SSSR count). The number of nitrogens with two attached hydrogens (primary N) is 1. The van der Waals surface area contributed by atoms with Crippen molar-refractivity contribution in [3.8, 4) is 0 Å². The summed E-state index contributed by atoms with van der Waals surface area (Å²) in [5.74, 6) is 1.64. The lowest BCUT2D eigenvalue weighted by Crippen LogP contribution is -2.67. The van der Waals surface area contributed by atoms with E-state index in [9.17, 15) is 14.3 Å². The van der Waals surface area contributed by atoms with E-state index in [0.29, 0.717) is 48.9 Å². The molecule has 1 aromatic carbocycles. The molecule has 0 spiro atoms. The van der Waals surface area contributed by atoms with E-state index in [4.69, 9.17) is 5.73 Å². The van der Waals surface area contributed by atoms with E-state index < -0.39 is 18.1 Å². The summed E-state index contributed by atoms with van der Waals surface area (Å²) in [6.45, 7) is 18.8. The number of carbonyl (C=O) groups is 1. The van der Waals surface area contributed by atoms with Crippen LogP contribution >= 0.6 is 0 Å². The summed E-state index contributed by atoms with van der Waals surface area (Å²) in [6, 6.07) is 10.0. The molecule has 6 aliphatic rings. The fourth-order valence-electron chi connectivity index (χ4n) is 14.2. The summed E-state index contributed by atoms with van der Waals surface area (Å²) < 4.78 is 14.8. The minimum Gasteiger partial charge on any atom is -0.481 e. The SMILES string of the molecule is C=C(C)[C@@H]1CC[C@]2(N)CC[C@]3(C)[C@H](CC[C@@H]4[C@@]5(C)CC=C(C6=CC(Cc7ccccc7)[C@](CF)(C(=O)O)CC6)C(C)(C)[C@@H]5CC[C@]43C)[C@@H]12. The number of allylic oxidation sites excluding steroid dienone is 5. The first-order chi connectivity index (χ1) is 22.6. The van der Waals surface area contributed by atoms with Crippen LogP contribution in [0.15, 0.2) is 65.8 Å². The number of benzene rings is 1. The predicted octanol–water partition coefficient (Wildman–Crippen LogP) is 10.5. The van der Waals surface area contributed by atoms with Crippen LogP contribution in [0.5, 0.6) is 0 Å². The molecule has 4 heteroatoms. The Bertz CT molecular complexity index is 1530. The van der Waals surface area contributed by atoms with Crippen LogP contribution in [0, 0.1) is 62.6 Å². The second-order valence-corrected chi connectivity index (χ2v) is 19.0. The molecule has 0 radical (unpaired) electrons. The van der Waals surface area contributed by atoms with Gasteiger partial charge in [-0.3, -0.25) is 4.79 Å². The maximum absolute atomic E-state index is 14.8. The molecule has 1 aromatic rings. The third kappa shape index (κ3) is 4.62. The van der Waals surface area contributed by atoms with Crippen molar-refractivity contribution in [3.05, 3.63) is 71.3 Å². The Morgan fingerprint density at radius 3 is 2.33 bits per heavy atom. The molecular weight excluding hydrogens is 593 g/mol. The Kier molecular flexibility index (Phi) is 8.14. The Morgan fingerprint density at radius 2 is 1.67 bits per heavy atom. The number of aliphatic carboxylic acids is 1. The van der Waals surface area contributed by atoms with Crippen molar-refractivity contribution in [1.82, 2.24) is 0 Å². The van der Waals surface area contributed by atoms with E-state index in [0.717, 1.165) is 24.8 Å². The minimum atomic E-state index is -1.36. The molecule has 0 bridgehead atoms. The van der Waals surface area contributed by atoms with Crippen LogP contribution in [0.2, 0.25) is 0 Å². The van der Waals surface area contributed by atoms with Gasteiger partial charge in [0.25, 0.3) is 0 Å². The molecule has 3 N–H and O–H groups in total. The second kappa shape index (κ2) is 11.4. The lowest BCUT2D eigenvalue weighted by molar-refractivity contribution is -0.219. The smallest absolute Gasteiger partial charge is 0.312 e. The van der Waals surface area contributed by atoms with E-state index in [1.54, 1.807) is 0 Å². The Morgan fingerprint density at radius 1 is 0.938 bits per heavy atom. The second-order valence-electron chi connectivity index (χ2n) is 19.0. The molecule has 262 valence electrons. The molecule has 4 saturated carbocycles. The van der Waals surface area contributed by atoms with Crippen molar-refractivity contribution in [3.63, 3.8) is 0 Å². The fraction of sp³-hybridized carbons (Fsp3) is 0.705. The van der Waals surface area contributed by atoms with Gasteiger partial charge in [0.2, 0.25) is 0 Å². The molecule has 0 saturated heterocycles. The molecular formula is C44H62FNO2. The first-order valence-corrected chi connectivity index (χ1v) is 19.3. The van der Waals surface area contributed by atoms with Gasteiger partial charge in [-0.2, -0.15) is 0 Å². The highest BCUT2D eigenvalue weighted by Gasteiger charge is 2.70. The van der Waals surface area contributed by atoms with Crippen molar-refractivity contribution >= 4 is 5.97 Å². The summed E-state index contributed by atoms with van der Waals surface area (Å²) in [5, 5.41) is 10.4. The third-order valence-electron chi connectivity index (χ3n) is 17.0. The average Bonchev–Trinajstić information content (AvgIpc) is 3.39. The summed E-state index contributed by atoms with van der Waals surface area (Å²) in [6.07, 6.45) is 17.2. The van der Waals surface area contributed by atoms with Crippen molar-refractivity contribution in [1.29, 1.82) is 0 Å². The standard InChI is InChI=1S/C44H62FNO2/c1-28(2)32-16-22-44(46)24-23-41(6)34(37(32)44)13-14-36-40(5)19-17-33(39(3,4)35(40)18-20-42(36,41)7)30-15-21-43(27-45,38(47)48)31(26-30)25-29-11-9-8-10-12-29/h8-12,17,26,31-32,34-37H,1,13-16,18-25,27,46H2,2-7H3,(H,47,48)/t31?,32-,34+,35-,36+,37+,40-,41+,42+,43-,44-/m0/s1. The molecule has 0 heterocycles. The highest BCUT2D eigenvalue weighted by atomic mass is 19.1. The zero-order chi connectivity index (χ0) is 34.5. The highest BCUT2D eigenvalue weighted by Crippen LogP contribution is 2.76. The van der Waals surface area contributed by atoms with Gasteiger partial charge in [-0.15, -0.1) is 0 Å². The van der Waals surface area contributed by atoms with Gasteiger partial charge < -0.3 is 10.8 Å². The summed E-state index contributed by atoms with van der Waals surface area (Å²) >= 11 is 0. The topological polar surface area (TPSA) is 63.3 Å². The van der Waals surface area contributed by atoms with Gasteiger partial charge in [0.05, 0.1) is 0 Å². The molecule has 4 fully saturated rings. The van der Waals surface area contributed by atoms with Gasteiger partial charge in [0.1, 0.15) is 12.1 Å². The van der Waals surface area contributed by atoms with Gasteiger partial charge in [0, 0.05) is 11.5 Å². The third-order valence-corrected chi connectivity index (χ3v) is 17.0. The Labute approximate surface area is 290 Å². The quantitative estimate of drug-likeness (QED) is 0.300. The maximum Gasteiger partial charge on any atom is 0.312 e. The number of hydrogen-bond donors (Lipinski definition) is 2. The van der Waals surface area contributed by atoms with Crippen molar-refractivity contribution in [2.24, 2.45) is 68.3 Å². The van der Waals surface area contributed by atoms with Crippen molar-refractivity contribution in [2.75, 3.05) is 6.67 Å². The number of hydrogen-bond acceptors (Lipinski definition) is 2. The van der Waals surface area contributed by atoms with Crippen LogP contribution in [0.4, 0.5) is 4.39 Å². The van der Waals surface area contributed by atoms with Gasteiger partial charge in [-0.05, 0) is 152 Å². The lowest BCUT2D eigenvalue weighted by Gasteiger charge is -2.72. The minimum absolute atomic E-state index is 0.0188. The van der Waals surface area contributed by atoms with Gasteiger partial charge in [-0.1, -0.05) is 89.3 Å². The Balaban J connectivity index is 1.22.